The molecule has 4 amide bonds. The van der Waals surface area contributed by atoms with Crippen molar-refractivity contribution in [3.8, 4) is 63.0 Å². The molecule has 2 aliphatic rings. The Kier molecular flexibility index (Phi) is 20.9. The lowest BCUT2D eigenvalue weighted by Gasteiger charge is -2.32. The van der Waals surface area contributed by atoms with Gasteiger partial charge in [-0.05, 0) is 193 Å². The molecule has 8 aromatic rings. The number of aromatic nitrogens is 1. The Morgan fingerprint density at radius 3 is 1.72 bits per heavy atom. The number of amides is 4. The molecule has 0 bridgehead atoms. The lowest BCUT2D eigenvalue weighted by molar-refractivity contribution is 0.0999. The summed E-state index contributed by atoms with van der Waals surface area (Å²) in [5, 5.41) is 12.7. The lowest BCUT2D eigenvalue weighted by Crippen LogP contribution is -2.38. The van der Waals surface area contributed by atoms with Gasteiger partial charge in [-0.15, -0.1) is 0 Å². The van der Waals surface area contributed by atoms with Crippen LogP contribution in [-0.4, -0.2) is 98.0 Å². The van der Waals surface area contributed by atoms with Crippen LogP contribution in [0.5, 0.6) is 40.2 Å². The topological polar surface area (TPSA) is 174 Å². The fourth-order valence-corrected chi connectivity index (χ4v) is 10.2. The number of urea groups is 2. The van der Waals surface area contributed by atoms with Crippen LogP contribution in [0.2, 0.25) is 0 Å². The number of hydrogen-bond donors (Lipinski definition) is 4. The number of carbonyl (C=O) groups is 2. The Hall–Kier alpha value is -8.21. The zero-order chi connectivity index (χ0) is 58.1. The third-order valence-corrected chi connectivity index (χ3v) is 15.4. The molecule has 2 aromatic heterocycles. The number of likely N-dealkylation sites (tertiary alicyclic amines) is 2. The lowest BCUT2D eigenvalue weighted by atomic mass is 10.1. The standard InChI is InChI=1S/C34H42N4O4.C33H39N3O5/c1-4-7-20-38-21-18-29(19-22-38)41-30-16-17-31-32(23-30)42-33(37-31)24-8-12-27(13-9-24)40-28-14-10-26(11-15-28)36-34(39)35-25(5-2)6-3;1-5-24(6-2)34-33(37)35-25-9-13-30(32(21-25)38-4)40-26-10-7-22(8-11-26)31-20-23-19-28(12-14-29(23)41-31)39-27-15-17-36(3)18-16-27/h8-17,23,25,29H,4-7,18-22H2,1-3H3,(H2,35,36,39);7-14,19-21,24,27H,5-6,15-18H2,1-4H3,(H2,34,35,37). The van der Waals surface area contributed by atoms with Crippen molar-refractivity contribution in [1.82, 2.24) is 25.4 Å². The van der Waals surface area contributed by atoms with Gasteiger partial charge in [0.25, 0.3) is 0 Å². The van der Waals surface area contributed by atoms with Gasteiger partial charge in [0.2, 0.25) is 5.89 Å². The smallest absolute Gasteiger partial charge is 0.319 e. The number of furan rings is 1. The van der Waals surface area contributed by atoms with E-state index in [0.29, 0.717) is 51.6 Å². The number of benzene rings is 6. The van der Waals surface area contributed by atoms with Crippen LogP contribution >= 0.6 is 0 Å². The molecule has 16 nitrogen and oxygen atoms in total. The highest BCUT2D eigenvalue weighted by Gasteiger charge is 2.22. The van der Waals surface area contributed by atoms with Gasteiger partial charge in [-0.3, -0.25) is 0 Å². The van der Waals surface area contributed by atoms with Crippen LogP contribution in [0.25, 0.3) is 44.8 Å². The monoisotopic (exact) mass is 1130 g/mol. The molecule has 0 atom stereocenters. The largest absolute Gasteiger partial charge is 0.493 e. The zero-order valence-corrected chi connectivity index (χ0v) is 49.1. The van der Waals surface area contributed by atoms with E-state index in [9.17, 15) is 9.59 Å². The van der Waals surface area contributed by atoms with Gasteiger partial charge < -0.3 is 63.6 Å². The van der Waals surface area contributed by atoms with Crippen molar-refractivity contribution in [1.29, 1.82) is 0 Å². The summed E-state index contributed by atoms with van der Waals surface area (Å²) in [7, 11) is 3.73. The molecule has 2 aliphatic heterocycles. The second-order valence-corrected chi connectivity index (χ2v) is 21.5. The van der Waals surface area contributed by atoms with Crippen molar-refractivity contribution in [2.75, 3.05) is 57.5 Å². The third kappa shape index (κ3) is 16.7. The Morgan fingerprint density at radius 2 is 1.11 bits per heavy atom. The molecule has 2 fully saturated rings. The summed E-state index contributed by atoms with van der Waals surface area (Å²) in [4.78, 5) is 34.1. The fourth-order valence-electron chi connectivity index (χ4n) is 10.2. The highest BCUT2D eigenvalue weighted by atomic mass is 16.5. The van der Waals surface area contributed by atoms with Crippen molar-refractivity contribution in [3.05, 3.63) is 133 Å². The van der Waals surface area contributed by atoms with Gasteiger partial charge >= 0.3 is 12.1 Å². The van der Waals surface area contributed by atoms with Gasteiger partial charge in [0.05, 0.1) is 7.11 Å². The highest BCUT2D eigenvalue weighted by molar-refractivity contribution is 5.90. The summed E-state index contributed by atoms with van der Waals surface area (Å²) < 4.78 is 42.4. The molecule has 83 heavy (non-hydrogen) atoms. The summed E-state index contributed by atoms with van der Waals surface area (Å²) in [5.74, 6) is 6.14. The predicted octanol–water partition coefficient (Wildman–Crippen LogP) is 15.9. The first-order valence-electron chi connectivity index (χ1n) is 29.6. The van der Waals surface area contributed by atoms with Crippen molar-refractivity contribution in [2.45, 2.75) is 123 Å². The number of piperidine rings is 2. The summed E-state index contributed by atoms with van der Waals surface area (Å²) in [6.45, 7) is 16.0. The molecule has 0 saturated carbocycles. The van der Waals surface area contributed by atoms with Crippen LogP contribution in [0.4, 0.5) is 21.0 Å². The van der Waals surface area contributed by atoms with Crippen LogP contribution in [0.15, 0.2) is 142 Å². The molecular formula is C67H81N7O9. The minimum Gasteiger partial charge on any atom is -0.493 e. The molecule has 4 N–H and O–H groups in total. The van der Waals surface area contributed by atoms with Crippen molar-refractivity contribution >= 4 is 45.5 Å². The summed E-state index contributed by atoms with van der Waals surface area (Å²) in [5.41, 5.74) is 5.48. The van der Waals surface area contributed by atoms with E-state index in [1.54, 1.807) is 25.3 Å². The Bertz CT molecular complexity index is 3320. The number of fused-ring (bicyclic) bond motifs is 2. The van der Waals surface area contributed by atoms with Gasteiger partial charge in [-0.1, -0.05) is 41.0 Å². The number of unbranched alkanes of at least 4 members (excludes halogenated alkanes) is 1. The van der Waals surface area contributed by atoms with E-state index >= 15 is 0 Å². The molecule has 4 heterocycles. The average molecular weight is 1130 g/mol. The van der Waals surface area contributed by atoms with E-state index in [4.69, 9.17) is 32.5 Å². The van der Waals surface area contributed by atoms with Crippen LogP contribution in [-0.2, 0) is 0 Å². The Morgan fingerprint density at radius 1 is 0.566 bits per heavy atom. The number of carbonyl (C=O) groups excluding carboxylic acids is 2. The molecule has 16 heteroatoms. The number of nitrogens with zero attached hydrogens (tertiary/aromatic N) is 3. The quantitative estimate of drug-likeness (QED) is 0.0506. The van der Waals surface area contributed by atoms with Gasteiger partial charge in [-0.2, -0.15) is 0 Å². The van der Waals surface area contributed by atoms with Gasteiger partial charge in [0.1, 0.15) is 57.8 Å². The van der Waals surface area contributed by atoms with Gasteiger partial charge in [0.15, 0.2) is 17.1 Å². The van der Waals surface area contributed by atoms with Gasteiger partial charge in [-0.25, -0.2) is 14.6 Å². The van der Waals surface area contributed by atoms with E-state index in [1.807, 2.05) is 109 Å². The van der Waals surface area contributed by atoms with E-state index in [0.717, 1.165) is 122 Å². The molecule has 0 aliphatic carbocycles. The minimum atomic E-state index is -0.239. The number of methoxy groups -OCH3 is 1. The summed E-state index contributed by atoms with van der Waals surface area (Å²) in [6, 6.07) is 41.8. The SMILES string of the molecule is CCC(CC)NC(=O)Nc1ccc(Oc2ccc(-c3cc4cc(OC5CCN(C)CC5)ccc4o3)cc2)c(OC)c1.CCCCN1CCC(Oc2ccc3nc(-c4ccc(Oc5ccc(NC(=O)NC(CC)CC)cc5)cc4)oc3c2)CC1. The number of rotatable bonds is 22. The highest BCUT2D eigenvalue weighted by Crippen LogP contribution is 2.37. The maximum absolute atomic E-state index is 12.3. The zero-order valence-electron chi connectivity index (χ0n) is 49.1. The first kappa shape index (κ1) is 59.4. The Balaban J connectivity index is 0.000000200. The first-order valence-corrected chi connectivity index (χ1v) is 29.6. The van der Waals surface area contributed by atoms with Crippen LogP contribution < -0.4 is 45.0 Å². The van der Waals surface area contributed by atoms with E-state index in [1.165, 1.54) is 19.4 Å². The molecular weight excluding hydrogens is 1050 g/mol. The number of anilines is 2. The minimum absolute atomic E-state index is 0.141. The number of hydrogen-bond acceptors (Lipinski definition) is 12. The van der Waals surface area contributed by atoms with Crippen LogP contribution in [0.1, 0.15) is 98.8 Å². The molecule has 438 valence electrons. The maximum Gasteiger partial charge on any atom is 0.319 e. The van der Waals surface area contributed by atoms with Crippen molar-refractivity contribution in [2.24, 2.45) is 0 Å². The third-order valence-electron chi connectivity index (χ3n) is 15.4. The predicted molar refractivity (Wildman–Crippen MR) is 330 cm³/mol. The van der Waals surface area contributed by atoms with E-state index in [2.05, 4.69) is 83.8 Å². The van der Waals surface area contributed by atoms with Crippen molar-refractivity contribution < 1.29 is 42.1 Å². The summed E-state index contributed by atoms with van der Waals surface area (Å²) >= 11 is 0. The van der Waals surface area contributed by atoms with Crippen LogP contribution in [0, 0.1) is 0 Å². The number of nitrogens with one attached hydrogen (secondary N) is 4. The van der Waals surface area contributed by atoms with Crippen LogP contribution in [0.3, 0.4) is 0 Å². The van der Waals surface area contributed by atoms with Gasteiger partial charge in [0, 0.05) is 78.3 Å². The second kappa shape index (κ2) is 29.2. The normalized spacial score (nSPS) is 14.3. The first-order chi connectivity index (χ1) is 40.5. The second-order valence-electron chi connectivity index (χ2n) is 21.5. The molecule has 0 spiro atoms. The Labute approximate surface area is 488 Å². The molecule has 0 unspecified atom stereocenters. The molecule has 2 saturated heterocycles. The average Bonchev–Trinajstić information content (AvgIpc) is 4.20. The molecule has 6 aromatic carbocycles. The fraction of sp³-hybridized carbons (Fsp3) is 0.388. The summed E-state index contributed by atoms with van der Waals surface area (Å²) in [6.07, 6.45) is 10.7. The van der Waals surface area contributed by atoms with E-state index < -0.39 is 0 Å². The number of ether oxygens (including phenoxy) is 5. The maximum atomic E-state index is 12.3. The van der Waals surface area contributed by atoms with Crippen molar-refractivity contribution in [3.63, 3.8) is 0 Å². The van der Waals surface area contributed by atoms with E-state index in [-0.39, 0.29) is 36.4 Å². The number of oxazole rings is 1. The molecule has 0 radical (unpaired) electrons. The molecule has 10 rings (SSSR count).